The van der Waals surface area contributed by atoms with Crippen LogP contribution in [0.4, 0.5) is 0 Å². The molecule has 0 bridgehead atoms. The summed E-state index contributed by atoms with van der Waals surface area (Å²) < 4.78 is 9.42. The molecule has 288 valence electrons. The van der Waals surface area contributed by atoms with E-state index in [9.17, 15) is 0 Å². The zero-order chi connectivity index (χ0) is 40.7. The van der Waals surface area contributed by atoms with Gasteiger partial charge in [-0.15, -0.1) is 0 Å². The molecule has 5 nitrogen and oxygen atoms in total. The molecule has 0 saturated heterocycles. The molecule has 3 aromatic heterocycles. The summed E-state index contributed by atoms with van der Waals surface area (Å²) in [6.07, 6.45) is 0. The summed E-state index contributed by atoms with van der Waals surface area (Å²) in [5.74, 6) is 1.74. The van der Waals surface area contributed by atoms with Crippen LogP contribution in [0.1, 0.15) is 0 Å². The van der Waals surface area contributed by atoms with Crippen molar-refractivity contribution in [2.75, 3.05) is 0 Å². The van der Waals surface area contributed by atoms with Crippen LogP contribution in [-0.4, -0.2) is 19.5 Å². The molecule has 0 N–H and O–H groups in total. The van der Waals surface area contributed by atoms with E-state index in [-0.39, 0.29) is 0 Å². The van der Waals surface area contributed by atoms with Crippen molar-refractivity contribution in [1.29, 1.82) is 0 Å². The van der Waals surface area contributed by atoms with Gasteiger partial charge in [0.05, 0.1) is 27.7 Å². The predicted octanol–water partition coefficient (Wildman–Crippen LogP) is 15.0. The predicted molar refractivity (Wildman–Crippen MR) is 256 cm³/mol. The monoisotopic (exact) mass is 790 g/mol. The molecule has 0 fully saturated rings. The van der Waals surface area contributed by atoms with Crippen molar-refractivity contribution in [3.05, 3.63) is 206 Å². The van der Waals surface area contributed by atoms with Crippen molar-refractivity contribution < 1.29 is 4.42 Å². The minimum absolute atomic E-state index is 0.545. The van der Waals surface area contributed by atoms with Gasteiger partial charge in [0.15, 0.2) is 17.5 Å². The molecule has 13 rings (SSSR count). The van der Waals surface area contributed by atoms with Crippen LogP contribution in [0.3, 0.4) is 0 Å². The third kappa shape index (κ3) is 5.32. The van der Waals surface area contributed by atoms with Crippen LogP contribution in [0.2, 0.25) is 0 Å². The first-order valence-electron chi connectivity index (χ1n) is 20.9. The summed E-state index contributed by atoms with van der Waals surface area (Å²) >= 11 is 0. The maximum Gasteiger partial charge on any atom is 0.167 e. The highest BCUT2D eigenvalue weighted by atomic mass is 16.3. The van der Waals surface area contributed by atoms with Gasteiger partial charge in [0.2, 0.25) is 0 Å². The van der Waals surface area contributed by atoms with Crippen molar-refractivity contribution in [2.24, 2.45) is 0 Å². The number of furan rings is 1. The Morgan fingerprint density at radius 1 is 0.339 bits per heavy atom. The van der Waals surface area contributed by atoms with Crippen LogP contribution >= 0.6 is 0 Å². The summed E-state index contributed by atoms with van der Waals surface area (Å²) in [6.45, 7) is 0. The fraction of sp³-hybridized carbons (Fsp3) is 0. The Bertz CT molecular complexity index is 3920. The number of hydrogen-bond acceptors (Lipinski definition) is 4. The second kappa shape index (κ2) is 13.6. The van der Waals surface area contributed by atoms with Gasteiger partial charge in [-0.3, -0.25) is 0 Å². The van der Waals surface area contributed by atoms with Crippen molar-refractivity contribution in [3.63, 3.8) is 0 Å². The molecule has 13 aromatic rings. The van der Waals surface area contributed by atoms with Crippen molar-refractivity contribution in [1.82, 2.24) is 19.5 Å². The average molecular weight is 791 g/mol. The molecule has 0 saturated carbocycles. The molecule has 0 amide bonds. The highest BCUT2D eigenvalue weighted by Gasteiger charge is 2.25. The fourth-order valence-corrected chi connectivity index (χ4v) is 9.52. The SMILES string of the molecule is c1ccc(-c2nc(-c3ccc4ccccc4c3)nc(-c3ccc(-n4c5cc6ccccc6cc5c5c6ccccc6c(-c6ccccc6)cc54)c4c3oc3ccccc34)n2)cc1. The van der Waals surface area contributed by atoms with E-state index < -0.39 is 0 Å². The lowest BCUT2D eigenvalue weighted by molar-refractivity contribution is 0.669. The Kier molecular flexibility index (Phi) is 7.54. The summed E-state index contributed by atoms with van der Waals surface area (Å²) in [4.78, 5) is 15.5. The van der Waals surface area contributed by atoms with Gasteiger partial charge in [-0.1, -0.05) is 164 Å². The number of fused-ring (bicyclic) bond motifs is 10. The molecule has 0 spiro atoms. The lowest BCUT2D eigenvalue weighted by Crippen LogP contribution is -2.01. The number of aromatic nitrogens is 4. The summed E-state index contributed by atoms with van der Waals surface area (Å²) in [7, 11) is 0. The van der Waals surface area contributed by atoms with Crippen molar-refractivity contribution in [3.8, 4) is 51.0 Å². The molecule has 10 aromatic carbocycles. The third-order valence-corrected chi connectivity index (χ3v) is 12.4. The van der Waals surface area contributed by atoms with Gasteiger partial charge < -0.3 is 8.98 Å². The number of benzene rings is 10. The normalized spacial score (nSPS) is 11.9. The Labute approximate surface area is 355 Å². The van der Waals surface area contributed by atoms with Crippen LogP contribution in [-0.2, 0) is 0 Å². The number of para-hydroxylation sites is 1. The van der Waals surface area contributed by atoms with Crippen molar-refractivity contribution >= 4 is 76.1 Å². The molecule has 5 heteroatoms. The van der Waals surface area contributed by atoms with E-state index in [0.29, 0.717) is 17.5 Å². The van der Waals surface area contributed by atoms with E-state index in [4.69, 9.17) is 19.4 Å². The van der Waals surface area contributed by atoms with E-state index in [0.717, 1.165) is 66.1 Å². The molecule has 0 atom stereocenters. The standard InChI is InChI=1S/C57H34N4O/c1-3-16-36(17-4-1)46-34-50-52(43-24-12-11-23-42(43)46)47-32-39-21-9-10-22-40(39)33-49(47)61(50)48-30-29-45(54-53(48)44-25-13-14-26-51(44)62-54)57-59-55(37-18-5-2-6-19-37)58-56(60-57)41-28-27-35-15-7-8-20-38(35)31-41/h1-34H. The smallest absolute Gasteiger partial charge is 0.167 e. The van der Waals surface area contributed by atoms with Gasteiger partial charge in [0.1, 0.15) is 11.2 Å². The molecule has 0 aliphatic heterocycles. The summed E-state index contributed by atoms with van der Waals surface area (Å²) in [5, 5.41) is 11.5. The molecular weight excluding hydrogens is 757 g/mol. The van der Waals surface area contributed by atoms with E-state index in [1.807, 2.05) is 42.5 Å². The van der Waals surface area contributed by atoms with E-state index in [1.54, 1.807) is 0 Å². The lowest BCUT2D eigenvalue weighted by Gasteiger charge is -2.14. The number of rotatable bonds is 5. The fourth-order valence-electron chi connectivity index (χ4n) is 9.52. The molecular formula is C57H34N4O. The van der Waals surface area contributed by atoms with Crippen LogP contribution in [0.25, 0.3) is 127 Å². The second-order valence-corrected chi connectivity index (χ2v) is 16.0. The van der Waals surface area contributed by atoms with Crippen LogP contribution in [0.5, 0.6) is 0 Å². The Hall–Kier alpha value is -8.41. The zero-order valence-electron chi connectivity index (χ0n) is 33.3. The quantitative estimate of drug-likeness (QED) is 0.174. The van der Waals surface area contributed by atoms with Gasteiger partial charge in [-0.05, 0) is 85.9 Å². The maximum absolute atomic E-state index is 6.97. The average Bonchev–Trinajstić information content (AvgIpc) is 3.89. The number of hydrogen-bond donors (Lipinski definition) is 0. The highest BCUT2D eigenvalue weighted by Crippen LogP contribution is 2.46. The molecule has 0 unspecified atom stereocenters. The first kappa shape index (κ1) is 34.5. The molecule has 0 aliphatic carbocycles. The van der Waals surface area contributed by atoms with Gasteiger partial charge in [-0.25, -0.2) is 15.0 Å². The zero-order valence-corrected chi connectivity index (χ0v) is 33.3. The van der Waals surface area contributed by atoms with Crippen molar-refractivity contribution in [2.45, 2.75) is 0 Å². The third-order valence-electron chi connectivity index (χ3n) is 12.4. The second-order valence-electron chi connectivity index (χ2n) is 16.0. The summed E-state index contributed by atoms with van der Waals surface area (Å²) in [6, 6.07) is 72.8. The van der Waals surface area contributed by atoms with Crippen LogP contribution in [0, 0.1) is 0 Å². The molecule has 3 heterocycles. The first-order chi connectivity index (χ1) is 30.7. The van der Waals surface area contributed by atoms with Crippen LogP contribution in [0.15, 0.2) is 211 Å². The Balaban J connectivity index is 1.14. The lowest BCUT2D eigenvalue weighted by atomic mass is 9.94. The molecule has 62 heavy (non-hydrogen) atoms. The summed E-state index contributed by atoms with van der Waals surface area (Å²) in [5.41, 5.74) is 9.77. The molecule has 0 aliphatic rings. The first-order valence-corrected chi connectivity index (χ1v) is 20.9. The number of nitrogens with zero attached hydrogens (tertiary/aromatic N) is 4. The highest BCUT2D eigenvalue weighted by molar-refractivity contribution is 6.27. The van der Waals surface area contributed by atoms with E-state index >= 15 is 0 Å². The Morgan fingerprint density at radius 2 is 0.935 bits per heavy atom. The topological polar surface area (TPSA) is 56.7 Å². The van der Waals surface area contributed by atoms with E-state index in [2.05, 4.69) is 168 Å². The van der Waals surface area contributed by atoms with Gasteiger partial charge >= 0.3 is 0 Å². The van der Waals surface area contributed by atoms with Gasteiger partial charge in [0.25, 0.3) is 0 Å². The van der Waals surface area contributed by atoms with Crippen LogP contribution < -0.4 is 0 Å². The largest absolute Gasteiger partial charge is 0.455 e. The van der Waals surface area contributed by atoms with Gasteiger partial charge in [-0.2, -0.15) is 0 Å². The molecule has 0 radical (unpaired) electrons. The minimum atomic E-state index is 0.545. The Morgan fingerprint density at radius 3 is 1.71 bits per heavy atom. The van der Waals surface area contributed by atoms with E-state index in [1.165, 1.54) is 43.4 Å². The maximum atomic E-state index is 6.97. The minimum Gasteiger partial charge on any atom is -0.455 e. The van der Waals surface area contributed by atoms with Gasteiger partial charge in [0, 0.05) is 27.3 Å².